The molecule has 0 bridgehead atoms. The van der Waals surface area contributed by atoms with Gasteiger partial charge < -0.3 is 48.5 Å². The quantitative estimate of drug-likeness (QED) is 0.0712. The molecule has 1 rings (SSSR count). The van der Waals surface area contributed by atoms with Crippen LogP contribution >= 0.6 is 0 Å². The number of aliphatic imine (C=N–C) groups is 1. The van der Waals surface area contributed by atoms with E-state index in [0.717, 1.165) is 0 Å². The lowest BCUT2D eigenvalue weighted by atomic mass is 10.0. The van der Waals surface area contributed by atoms with Crippen LogP contribution in [0.1, 0.15) is 25.3 Å². The van der Waals surface area contributed by atoms with Gasteiger partial charge in [-0.05, 0) is 37.5 Å². The van der Waals surface area contributed by atoms with Gasteiger partial charge in [0.1, 0.15) is 29.9 Å². The number of nitrogens with zero attached hydrogens (tertiary/aromatic N) is 1. The van der Waals surface area contributed by atoms with Crippen LogP contribution in [0.2, 0.25) is 0 Å². The summed E-state index contributed by atoms with van der Waals surface area (Å²) in [6.07, 6.45) is 0.329. The standard InChI is InChI=1S/C21H33N7O7/c1-11(20(34)35)26-19(33)16(9-12-4-6-13(30)7-5-12)28-18(32)15(3-2-8-25-21(23)24)27-17(31)14(22)10-29/h4-7,11,14-16,29-30H,2-3,8-10,22H2,1H3,(H,26,33)(H,27,31)(H,28,32)(H,34,35)(H4,23,24,25). The van der Waals surface area contributed by atoms with Crippen LogP contribution in [0.15, 0.2) is 29.3 Å². The van der Waals surface area contributed by atoms with Crippen LogP contribution in [-0.2, 0) is 25.6 Å². The van der Waals surface area contributed by atoms with Gasteiger partial charge in [-0.2, -0.15) is 0 Å². The van der Waals surface area contributed by atoms with E-state index in [-0.39, 0.29) is 37.5 Å². The first-order chi connectivity index (χ1) is 16.4. The van der Waals surface area contributed by atoms with Crippen LogP contribution in [0, 0.1) is 0 Å². The number of guanidine groups is 1. The maximum Gasteiger partial charge on any atom is 0.325 e. The van der Waals surface area contributed by atoms with Crippen LogP contribution in [0.3, 0.4) is 0 Å². The molecule has 0 radical (unpaired) electrons. The minimum Gasteiger partial charge on any atom is -0.508 e. The number of phenols is 1. The van der Waals surface area contributed by atoms with E-state index in [1.807, 2.05) is 0 Å². The lowest BCUT2D eigenvalue weighted by molar-refractivity contribution is -0.141. The number of nitrogens with one attached hydrogen (secondary N) is 3. The number of aliphatic hydroxyl groups excluding tert-OH is 1. The first kappa shape index (κ1) is 29.1. The molecule has 0 heterocycles. The van der Waals surface area contributed by atoms with Crippen molar-refractivity contribution in [3.8, 4) is 5.75 Å². The number of benzene rings is 1. The van der Waals surface area contributed by atoms with E-state index in [0.29, 0.717) is 5.56 Å². The van der Waals surface area contributed by atoms with Crippen LogP contribution in [-0.4, -0.2) is 82.3 Å². The third kappa shape index (κ3) is 10.7. The molecule has 14 nitrogen and oxygen atoms in total. The average molecular weight is 496 g/mol. The van der Waals surface area contributed by atoms with Gasteiger partial charge in [-0.1, -0.05) is 12.1 Å². The van der Waals surface area contributed by atoms with Crippen molar-refractivity contribution < 1.29 is 34.5 Å². The fraction of sp³-hybridized carbons (Fsp3) is 0.476. The molecule has 14 heteroatoms. The highest BCUT2D eigenvalue weighted by Crippen LogP contribution is 2.12. The van der Waals surface area contributed by atoms with Crippen LogP contribution in [0.25, 0.3) is 0 Å². The van der Waals surface area contributed by atoms with Crippen LogP contribution in [0.5, 0.6) is 5.75 Å². The molecule has 0 aliphatic heterocycles. The number of carboxylic acid groups (broad SMARTS) is 1. The van der Waals surface area contributed by atoms with Crippen molar-refractivity contribution in [2.24, 2.45) is 22.2 Å². The second-order valence-electron chi connectivity index (χ2n) is 7.80. The summed E-state index contributed by atoms with van der Waals surface area (Å²) in [5, 5.41) is 34.9. The van der Waals surface area contributed by atoms with Crippen molar-refractivity contribution in [2.75, 3.05) is 13.2 Å². The first-order valence-corrected chi connectivity index (χ1v) is 10.8. The molecule has 0 aromatic heterocycles. The Balaban J connectivity index is 3.08. The number of aliphatic hydroxyl groups is 1. The number of amides is 3. The number of rotatable bonds is 14. The second kappa shape index (κ2) is 14.4. The molecule has 0 spiro atoms. The maximum absolute atomic E-state index is 13.0. The van der Waals surface area contributed by atoms with Crippen molar-refractivity contribution >= 4 is 29.7 Å². The van der Waals surface area contributed by atoms with Crippen molar-refractivity contribution in [1.82, 2.24) is 16.0 Å². The molecular formula is C21H33N7O7. The minimum atomic E-state index is -1.27. The summed E-state index contributed by atoms with van der Waals surface area (Å²) in [6.45, 7) is 0.789. The van der Waals surface area contributed by atoms with E-state index < -0.39 is 54.5 Å². The van der Waals surface area contributed by atoms with Gasteiger partial charge in [0.05, 0.1) is 6.61 Å². The molecule has 0 aliphatic carbocycles. The zero-order chi connectivity index (χ0) is 26.5. The summed E-state index contributed by atoms with van der Waals surface area (Å²) in [5.74, 6) is -3.70. The summed E-state index contributed by atoms with van der Waals surface area (Å²) in [7, 11) is 0. The number of carboxylic acids is 1. The summed E-state index contributed by atoms with van der Waals surface area (Å²) in [6, 6.07) is 1.02. The van der Waals surface area contributed by atoms with Gasteiger partial charge in [0, 0.05) is 13.0 Å². The van der Waals surface area contributed by atoms with Crippen LogP contribution in [0.4, 0.5) is 0 Å². The number of nitrogens with two attached hydrogens (primary N) is 3. The molecule has 12 N–H and O–H groups in total. The molecule has 1 aromatic rings. The van der Waals surface area contributed by atoms with Crippen molar-refractivity contribution in [3.63, 3.8) is 0 Å². The Morgan fingerprint density at radius 3 is 2.09 bits per heavy atom. The smallest absolute Gasteiger partial charge is 0.325 e. The zero-order valence-electron chi connectivity index (χ0n) is 19.3. The van der Waals surface area contributed by atoms with Gasteiger partial charge in [0.25, 0.3) is 0 Å². The third-order valence-corrected chi connectivity index (χ3v) is 4.85. The molecule has 4 atom stereocenters. The molecule has 0 fully saturated rings. The summed E-state index contributed by atoms with van der Waals surface area (Å²) in [5.41, 5.74) is 16.7. The molecular weight excluding hydrogens is 462 g/mol. The summed E-state index contributed by atoms with van der Waals surface area (Å²) in [4.78, 5) is 53.0. The molecule has 0 saturated heterocycles. The predicted octanol–water partition coefficient (Wildman–Crippen LogP) is -3.13. The van der Waals surface area contributed by atoms with E-state index in [2.05, 4.69) is 20.9 Å². The van der Waals surface area contributed by atoms with E-state index in [1.54, 1.807) is 0 Å². The Labute approximate surface area is 201 Å². The first-order valence-electron chi connectivity index (χ1n) is 10.8. The zero-order valence-corrected chi connectivity index (χ0v) is 19.3. The van der Waals surface area contributed by atoms with E-state index >= 15 is 0 Å². The van der Waals surface area contributed by atoms with E-state index in [1.165, 1.54) is 31.2 Å². The highest BCUT2D eigenvalue weighted by atomic mass is 16.4. The number of hydrogen-bond donors (Lipinski definition) is 9. The number of phenolic OH excluding ortho intramolecular Hbond substituents is 1. The topological polar surface area (TPSA) is 255 Å². The molecule has 0 saturated carbocycles. The van der Waals surface area contributed by atoms with Crippen molar-refractivity contribution in [3.05, 3.63) is 29.8 Å². The van der Waals surface area contributed by atoms with Gasteiger partial charge in [0.15, 0.2) is 5.96 Å². The van der Waals surface area contributed by atoms with Crippen molar-refractivity contribution in [1.29, 1.82) is 0 Å². The summed E-state index contributed by atoms with van der Waals surface area (Å²) >= 11 is 0. The van der Waals surface area contributed by atoms with E-state index in [9.17, 15) is 24.3 Å². The Kier molecular flexibility index (Phi) is 12.0. The molecule has 3 amide bonds. The molecule has 194 valence electrons. The Morgan fingerprint density at radius 1 is 0.971 bits per heavy atom. The molecule has 1 aromatic carbocycles. The number of carbonyl (C=O) groups is 4. The lowest BCUT2D eigenvalue weighted by Gasteiger charge is -2.24. The Morgan fingerprint density at radius 2 is 1.54 bits per heavy atom. The highest BCUT2D eigenvalue weighted by molar-refractivity contribution is 5.94. The molecule has 0 aliphatic rings. The molecule has 4 unspecified atom stereocenters. The summed E-state index contributed by atoms with van der Waals surface area (Å²) < 4.78 is 0. The van der Waals surface area contributed by atoms with Gasteiger partial charge >= 0.3 is 5.97 Å². The van der Waals surface area contributed by atoms with Crippen LogP contribution < -0.4 is 33.2 Å². The third-order valence-electron chi connectivity index (χ3n) is 4.85. The van der Waals surface area contributed by atoms with Gasteiger partial charge in [-0.25, -0.2) is 0 Å². The lowest BCUT2D eigenvalue weighted by Crippen LogP contribution is -2.57. The number of carbonyl (C=O) groups excluding carboxylic acids is 3. The normalized spacial score (nSPS) is 14.0. The monoisotopic (exact) mass is 495 g/mol. The predicted molar refractivity (Wildman–Crippen MR) is 126 cm³/mol. The number of aliphatic carboxylic acids is 1. The average Bonchev–Trinajstić information content (AvgIpc) is 2.80. The molecule has 35 heavy (non-hydrogen) atoms. The SMILES string of the molecule is CC(NC(=O)C(Cc1ccc(O)cc1)NC(=O)C(CCCN=C(N)N)NC(=O)C(N)CO)C(=O)O. The Bertz CT molecular complexity index is 904. The minimum absolute atomic E-state index is 0.00191. The number of hydrogen-bond acceptors (Lipinski definition) is 8. The number of aromatic hydroxyl groups is 1. The Hall–Kier alpha value is -3.91. The van der Waals surface area contributed by atoms with Gasteiger partial charge in [0.2, 0.25) is 17.7 Å². The van der Waals surface area contributed by atoms with Gasteiger partial charge in [-0.15, -0.1) is 0 Å². The van der Waals surface area contributed by atoms with E-state index in [4.69, 9.17) is 27.4 Å². The maximum atomic E-state index is 13.0. The second-order valence-corrected chi connectivity index (χ2v) is 7.80. The largest absolute Gasteiger partial charge is 0.508 e. The fourth-order valence-corrected chi connectivity index (χ4v) is 2.86. The van der Waals surface area contributed by atoms with Crippen molar-refractivity contribution in [2.45, 2.75) is 50.4 Å². The highest BCUT2D eigenvalue weighted by Gasteiger charge is 2.29. The van der Waals surface area contributed by atoms with Gasteiger partial charge in [-0.3, -0.25) is 24.2 Å². The fourth-order valence-electron chi connectivity index (χ4n) is 2.86.